The summed E-state index contributed by atoms with van der Waals surface area (Å²) in [5.74, 6) is 0.171. The largest absolute Gasteiger partial charge is 0.381 e. The first kappa shape index (κ1) is 12.4. The third-order valence-electron chi connectivity index (χ3n) is 2.42. The van der Waals surface area contributed by atoms with Crippen LogP contribution in [0, 0.1) is 5.92 Å². The molecule has 0 radical (unpaired) electrons. The zero-order valence-electron chi connectivity index (χ0n) is 9.46. The van der Waals surface area contributed by atoms with E-state index in [4.69, 9.17) is 0 Å². The van der Waals surface area contributed by atoms with Crippen LogP contribution in [0.25, 0.3) is 0 Å². The van der Waals surface area contributed by atoms with Gasteiger partial charge in [-0.2, -0.15) is 0 Å². The van der Waals surface area contributed by atoms with Crippen LogP contribution in [0.4, 0.5) is 0 Å². The molecule has 0 aromatic rings. The molecule has 13 heavy (non-hydrogen) atoms. The zero-order valence-corrected chi connectivity index (χ0v) is 9.46. The summed E-state index contributed by atoms with van der Waals surface area (Å²) in [6.07, 6.45) is 0. The fraction of sp³-hybridized carbons (Fsp3) is 0.900. The molecule has 1 amide bonds. The lowest BCUT2D eigenvalue weighted by Crippen LogP contribution is -2.48. The standard InChI is InChI=1S/C10H21NO2/c1-7(2)8(3)11(6)9(12)10(4,5)13/h7-8,13H,1-6H3. The predicted molar refractivity (Wildman–Crippen MR) is 53.4 cm³/mol. The highest BCUT2D eigenvalue weighted by Crippen LogP contribution is 2.13. The van der Waals surface area contributed by atoms with Crippen LogP contribution in [0.1, 0.15) is 34.6 Å². The molecule has 0 aromatic carbocycles. The second-order valence-electron chi connectivity index (χ2n) is 4.46. The monoisotopic (exact) mass is 187 g/mol. The molecule has 0 aliphatic rings. The molecule has 0 aliphatic carbocycles. The van der Waals surface area contributed by atoms with Gasteiger partial charge in [0.05, 0.1) is 0 Å². The van der Waals surface area contributed by atoms with E-state index in [1.54, 1.807) is 11.9 Å². The first-order valence-corrected chi connectivity index (χ1v) is 4.67. The Bertz CT molecular complexity index is 182. The van der Waals surface area contributed by atoms with E-state index in [1.807, 2.05) is 6.92 Å². The molecule has 0 aromatic heterocycles. The second-order valence-corrected chi connectivity index (χ2v) is 4.46. The van der Waals surface area contributed by atoms with Crippen molar-refractivity contribution in [2.75, 3.05) is 7.05 Å². The SMILES string of the molecule is CC(C)C(C)N(C)C(=O)C(C)(C)O. The van der Waals surface area contributed by atoms with Crippen LogP contribution in [0.5, 0.6) is 0 Å². The maximum atomic E-state index is 11.6. The molecule has 1 N–H and O–H groups in total. The van der Waals surface area contributed by atoms with Crippen LogP contribution < -0.4 is 0 Å². The zero-order chi connectivity index (χ0) is 10.8. The van der Waals surface area contributed by atoms with Crippen LogP contribution in [-0.2, 0) is 4.79 Å². The van der Waals surface area contributed by atoms with E-state index in [1.165, 1.54) is 13.8 Å². The summed E-state index contributed by atoms with van der Waals surface area (Å²) in [4.78, 5) is 13.2. The first-order chi connectivity index (χ1) is 5.68. The van der Waals surface area contributed by atoms with Gasteiger partial charge in [0, 0.05) is 13.1 Å². The summed E-state index contributed by atoms with van der Waals surface area (Å²) in [5.41, 5.74) is -1.27. The predicted octanol–water partition coefficient (Wildman–Crippen LogP) is 1.26. The van der Waals surface area contributed by atoms with Crippen molar-refractivity contribution in [1.29, 1.82) is 0 Å². The second kappa shape index (κ2) is 4.09. The van der Waals surface area contributed by atoms with Crippen molar-refractivity contribution in [3.63, 3.8) is 0 Å². The molecular weight excluding hydrogens is 166 g/mol. The fourth-order valence-corrected chi connectivity index (χ4v) is 1.06. The Morgan fingerprint density at radius 1 is 1.31 bits per heavy atom. The van der Waals surface area contributed by atoms with E-state index >= 15 is 0 Å². The molecule has 1 unspecified atom stereocenters. The van der Waals surface area contributed by atoms with Gasteiger partial charge in [-0.05, 0) is 26.7 Å². The number of aliphatic hydroxyl groups is 1. The molecule has 0 saturated heterocycles. The van der Waals surface area contributed by atoms with Gasteiger partial charge in [0.15, 0.2) is 0 Å². The van der Waals surface area contributed by atoms with Crippen molar-refractivity contribution in [3.8, 4) is 0 Å². The Morgan fingerprint density at radius 2 is 1.69 bits per heavy atom. The molecular formula is C10H21NO2. The number of carbonyl (C=O) groups excluding carboxylic acids is 1. The van der Waals surface area contributed by atoms with Crippen molar-refractivity contribution >= 4 is 5.91 Å². The van der Waals surface area contributed by atoms with E-state index in [2.05, 4.69) is 13.8 Å². The minimum Gasteiger partial charge on any atom is -0.381 e. The number of hydrogen-bond acceptors (Lipinski definition) is 2. The first-order valence-electron chi connectivity index (χ1n) is 4.67. The average Bonchev–Trinajstić information content (AvgIpc) is 1.98. The van der Waals surface area contributed by atoms with Gasteiger partial charge >= 0.3 is 0 Å². The van der Waals surface area contributed by atoms with E-state index in [9.17, 15) is 9.90 Å². The van der Waals surface area contributed by atoms with Crippen LogP contribution >= 0.6 is 0 Å². The Kier molecular flexibility index (Phi) is 3.91. The summed E-state index contributed by atoms with van der Waals surface area (Å²) in [5, 5.41) is 9.50. The molecule has 0 heterocycles. The van der Waals surface area contributed by atoms with Gasteiger partial charge in [-0.1, -0.05) is 13.8 Å². The van der Waals surface area contributed by atoms with Crippen molar-refractivity contribution < 1.29 is 9.90 Å². The van der Waals surface area contributed by atoms with Gasteiger partial charge in [-0.15, -0.1) is 0 Å². The Balaban J connectivity index is 4.44. The lowest BCUT2D eigenvalue weighted by Gasteiger charge is -2.32. The minimum atomic E-state index is -1.27. The maximum absolute atomic E-state index is 11.6. The minimum absolute atomic E-state index is 0.152. The van der Waals surface area contributed by atoms with Crippen LogP contribution in [-0.4, -0.2) is 34.6 Å². The van der Waals surface area contributed by atoms with E-state index < -0.39 is 5.60 Å². The summed E-state index contributed by atoms with van der Waals surface area (Å²) in [6, 6.07) is 0.152. The molecule has 0 spiro atoms. The molecule has 0 saturated carbocycles. The summed E-state index contributed by atoms with van der Waals surface area (Å²) < 4.78 is 0. The lowest BCUT2D eigenvalue weighted by atomic mass is 10.0. The molecule has 0 rings (SSSR count). The van der Waals surface area contributed by atoms with Crippen LogP contribution in [0.3, 0.4) is 0 Å². The summed E-state index contributed by atoms with van der Waals surface area (Å²) >= 11 is 0. The van der Waals surface area contributed by atoms with Gasteiger partial charge in [0.2, 0.25) is 0 Å². The molecule has 0 fully saturated rings. The van der Waals surface area contributed by atoms with Gasteiger partial charge in [-0.25, -0.2) is 0 Å². The Labute approximate surface area is 80.7 Å². The van der Waals surface area contributed by atoms with E-state index in [-0.39, 0.29) is 11.9 Å². The van der Waals surface area contributed by atoms with Gasteiger partial charge in [0.25, 0.3) is 5.91 Å². The molecule has 3 nitrogen and oxygen atoms in total. The number of hydrogen-bond donors (Lipinski definition) is 1. The van der Waals surface area contributed by atoms with Crippen LogP contribution in [0.2, 0.25) is 0 Å². The quantitative estimate of drug-likeness (QED) is 0.722. The number of amides is 1. The van der Waals surface area contributed by atoms with E-state index in [0.29, 0.717) is 5.92 Å². The normalized spacial score (nSPS) is 14.5. The number of rotatable bonds is 3. The van der Waals surface area contributed by atoms with Gasteiger partial charge < -0.3 is 10.0 Å². The topological polar surface area (TPSA) is 40.5 Å². The number of likely N-dealkylation sites (N-methyl/N-ethyl adjacent to an activating group) is 1. The van der Waals surface area contributed by atoms with Crippen molar-refractivity contribution in [3.05, 3.63) is 0 Å². The highest BCUT2D eigenvalue weighted by atomic mass is 16.3. The summed E-state index contributed by atoms with van der Waals surface area (Å²) in [6.45, 7) is 9.11. The van der Waals surface area contributed by atoms with Gasteiger partial charge in [-0.3, -0.25) is 4.79 Å². The highest BCUT2D eigenvalue weighted by molar-refractivity contribution is 5.84. The molecule has 0 bridgehead atoms. The molecule has 0 aliphatic heterocycles. The van der Waals surface area contributed by atoms with Crippen molar-refractivity contribution in [2.45, 2.75) is 46.3 Å². The van der Waals surface area contributed by atoms with Crippen molar-refractivity contribution in [1.82, 2.24) is 4.90 Å². The third-order valence-corrected chi connectivity index (χ3v) is 2.42. The average molecular weight is 187 g/mol. The molecule has 3 heteroatoms. The molecule has 1 atom stereocenters. The molecule has 78 valence electrons. The number of carbonyl (C=O) groups is 1. The van der Waals surface area contributed by atoms with Gasteiger partial charge in [0.1, 0.15) is 5.60 Å². The summed E-state index contributed by atoms with van der Waals surface area (Å²) in [7, 11) is 1.73. The van der Waals surface area contributed by atoms with Crippen molar-refractivity contribution in [2.24, 2.45) is 5.92 Å². The maximum Gasteiger partial charge on any atom is 0.253 e. The smallest absolute Gasteiger partial charge is 0.253 e. The Hall–Kier alpha value is -0.570. The number of nitrogens with zero attached hydrogens (tertiary/aromatic N) is 1. The Morgan fingerprint density at radius 3 is 1.92 bits per heavy atom. The lowest BCUT2D eigenvalue weighted by molar-refractivity contribution is -0.149. The fourth-order valence-electron chi connectivity index (χ4n) is 1.06. The van der Waals surface area contributed by atoms with Crippen LogP contribution in [0.15, 0.2) is 0 Å². The third kappa shape index (κ3) is 3.35. The van der Waals surface area contributed by atoms with E-state index in [0.717, 1.165) is 0 Å². The highest BCUT2D eigenvalue weighted by Gasteiger charge is 2.30.